The zero-order valence-electron chi connectivity index (χ0n) is 12.6. The lowest BCUT2D eigenvalue weighted by molar-refractivity contribution is -0.144. The summed E-state index contributed by atoms with van der Waals surface area (Å²) in [4.78, 5) is 14.2. The van der Waals surface area contributed by atoms with Gasteiger partial charge < -0.3 is 15.4 Å². The summed E-state index contributed by atoms with van der Waals surface area (Å²) in [5.41, 5.74) is -0.180. The van der Waals surface area contributed by atoms with Gasteiger partial charge in [-0.15, -0.1) is 0 Å². The topological polar surface area (TPSA) is 53.6 Å². The maximum Gasteiger partial charge on any atom is 0.326 e. The third-order valence-corrected chi connectivity index (χ3v) is 4.22. The monoisotopic (exact) mass is 269 g/mol. The van der Waals surface area contributed by atoms with Crippen LogP contribution >= 0.6 is 0 Å². The van der Waals surface area contributed by atoms with Crippen molar-refractivity contribution in [2.24, 2.45) is 0 Å². The Hall–Kier alpha value is -0.650. The first-order valence-electron chi connectivity index (χ1n) is 7.19. The number of carbonyl (C=O) groups is 1. The molecule has 19 heavy (non-hydrogen) atoms. The molecule has 0 aromatic carbocycles. The fourth-order valence-electron chi connectivity index (χ4n) is 2.66. The highest BCUT2D eigenvalue weighted by atomic mass is 16.5. The Balaban J connectivity index is 1.82. The Bertz CT molecular complexity index is 334. The second-order valence-electron chi connectivity index (χ2n) is 6.72. The average Bonchev–Trinajstić information content (AvgIpc) is 3.16. The number of hydrogen-bond donors (Lipinski definition) is 2. The number of piperazine rings is 1. The van der Waals surface area contributed by atoms with Gasteiger partial charge in [0.1, 0.15) is 5.54 Å². The molecule has 1 unspecified atom stereocenters. The number of hydrogen-bond acceptors (Lipinski definition) is 5. The Kier molecular flexibility index (Phi) is 4.18. The van der Waals surface area contributed by atoms with Gasteiger partial charge in [0.05, 0.1) is 7.11 Å². The van der Waals surface area contributed by atoms with Crippen LogP contribution in [0, 0.1) is 0 Å². The first kappa shape index (κ1) is 14.8. The third-order valence-electron chi connectivity index (χ3n) is 4.22. The lowest BCUT2D eigenvalue weighted by Gasteiger charge is -2.42. The zero-order valence-corrected chi connectivity index (χ0v) is 12.6. The summed E-state index contributed by atoms with van der Waals surface area (Å²) in [5.74, 6) is -0.115. The van der Waals surface area contributed by atoms with E-state index in [2.05, 4.69) is 36.3 Å². The van der Waals surface area contributed by atoms with Crippen molar-refractivity contribution in [3.05, 3.63) is 0 Å². The Morgan fingerprint density at radius 2 is 2.16 bits per heavy atom. The van der Waals surface area contributed by atoms with Crippen LogP contribution in [0.1, 0.15) is 33.6 Å². The summed E-state index contributed by atoms with van der Waals surface area (Å²) in [6, 6.07) is 0.398. The van der Waals surface area contributed by atoms with Gasteiger partial charge in [-0.25, -0.2) is 0 Å². The van der Waals surface area contributed by atoms with E-state index in [9.17, 15) is 4.79 Å². The van der Waals surface area contributed by atoms with E-state index in [0.717, 1.165) is 39.0 Å². The van der Waals surface area contributed by atoms with Gasteiger partial charge in [-0.2, -0.15) is 0 Å². The highest BCUT2D eigenvalue weighted by Crippen LogP contribution is 2.36. The van der Waals surface area contributed by atoms with Crippen LogP contribution < -0.4 is 10.6 Å². The lowest BCUT2D eigenvalue weighted by atomic mass is 10.0. The van der Waals surface area contributed by atoms with Gasteiger partial charge in [0.2, 0.25) is 0 Å². The summed E-state index contributed by atoms with van der Waals surface area (Å²) in [6.45, 7) is 10.7. The molecule has 2 fully saturated rings. The number of methoxy groups -OCH3 is 1. The number of nitrogens with zero attached hydrogens (tertiary/aromatic N) is 1. The van der Waals surface area contributed by atoms with Crippen molar-refractivity contribution in [1.82, 2.24) is 15.5 Å². The Morgan fingerprint density at radius 3 is 2.68 bits per heavy atom. The van der Waals surface area contributed by atoms with Gasteiger partial charge in [0, 0.05) is 37.8 Å². The van der Waals surface area contributed by atoms with Gasteiger partial charge in [-0.05, 0) is 33.6 Å². The molecule has 1 atom stereocenters. The van der Waals surface area contributed by atoms with Crippen molar-refractivity contribution in [3.8, 4) is 0 Å². The van der Waals surface area contributed by atoms with Crippen molar-refractivity contribution in [2.45, 2.75) is 50.7 Å². The minimum atomic E-state index is -0.388. The van der Waals surface area contributed by atoms with Crippen LogP contribution in [0.2, 0.25) is 0 Å². The molecule has 2 rings (SSSR count). The first-order valence-corrected chi connectivity index (χ1v) is 7.19. The van der Waals surface area contributed by atoms with Gasteiger partial charge in [-0.1, -0.05) is 0 Å². The summed E-state index contributed by atoms with van der Waals surface area (Å²) in [6.07, 6.45) is 1.80. The molecular weight excluding hydrogens is 242 g/mol. The number of ether oxygens (including phenoxy) is 1. The van der Waals surface area contributed by atoms with Crippen LogP contribution in [0.4, 0.5) is 0 Å². The van der Waals surface area contributed by atoms with E-state index in [0.29, 0.717) is 6.04 Å². The van der Waals surface area contributed by atoms with E-state index in [-0.39, 0.29) is 17.0 Å². The largest absolute Gasteiger partial charge is 0.468 e. The van der Waals surface area contributed by atoms with E-state index >= 15 is 0 Å². The summed E-state index contributed by atoms with van der Waals surface area (Å²) < 4.78 is 4.86. The van der Waals surface area contributed by atoms with E-state index < -0.39 is 0 Å². The molecular formula is C14H27N3O2. The molecule has 0 aromatic heterocycles. The number of rotatable bonds is 4. The molecule has 1 saturated heterocycles. The third kappa shape index (κ3) is 3.46. The molecule has 2 N–H and O–H groups in total. The van der Waals surface area contributed by atoms with Crippen molar-refractivity contribution in [2.75, 3.05) is 33.3 Å². The maximum atomic E-state index is 11.7. The van der Waals surface area contributed by atoms with Crippen LogP contribution in [0.3, 0.4) is 0 Å². The smallest absolute Gasteiger partial charge is 0.326 e. The summed E-state index contributed by atoms with van der Waals surface area (Å²) in [5, 5.41) is 6.92. The predicted molar refractivity (Wildman–Crippen MR) is 75.1 cm³/mol. The van der Waals surface area contributed by atoms with Gasteiger partial charge >= 0.3 is 5.97 Å². The predicted octanol–water partition coefficient (Wildman–Crippen LogP) is 0.354. The Morgan fingerprint density at radius 1 is 1.47 bits per heavy atom. The Labute approximate surface area is 116 Å². The van der Waals surface area contributed by atoms with Gasteiger partial charge in [0.25, 0.3) is 0 Å². The van der Waals surface area contributed by atoms with Crippen LogP contribution in [-0.2, 0) is 9.53 Å². The van der Waals surface area contributed by atoms with Crippen LogP contribution in [0.25, 0.3) is 0 Å². The summed E-state index contributed by atoms with van der Waals surface area (Å²) in [7, 11) is 1.46. The minimum absolute atomic E-state index is 0.115. The lowest BCUT2D eigenvalue weighted by Crippen LogP contribution is -2.60. The quantitative estimate of drug-likeness (QED) is 0.722. The molecule has 0 radical (unpaired) electrons. The molecule has 1 saturated carbocycles. The van der Waals surface area contributed by atoms with E-state index in [1.807, 2.05) is 0 Å². The molecule has 0 bridgehead atoms. The standard InChI is InChI=1S/C14H27N3O2/c1-13(2,3)17-8-7-15-11(10-17)9-16-14(5-6-14)12(18)19-4/h11,15-16H,5-10H2,1-4H3. The van der Waals surface area contributed by atoms with E-state index in [1.165, 1.54) is 7.11 Å². The van der Waals surface area contributed by atoms with Crippen LogP contribution in [0.5, 0.6) is 0 Å². The van der Waals surface area contributed by atoms with E-state index in [1.54, 1.807) is 0 Å². The molecule has 5 nitrogen and oxygen atoms in total. The highest BCUT2D eigenvalue weighted by molar-refractivity contribution is 5.84. The number of carbonyl (C=O) groups excluding carboxylic acids is 1. The first-order chi connectivity index (χ1) is 8.87. The second kappa shape index (κ2) is 5.38. The molecule has 0 aromatic rings. The number of nitrogens with one attached hydrogen (secondary N) is 2. The average molecular weight is 269 g/mol. The van der Waals surface area contributed by atoms with Crippen molar-refractivity contribution >= 4 is 5.97 Å². The number of esters is 1. The zero-order chi connectivity index (χ0) is 14.1. The summed E-state index contributed by atoms with van der Waals surface area (Å²) >= 11 is 0. The van der Waals surface area contributed by atoms with Gasteiger partial charge in [0.15, 0.2) is 0 Å². The fourth-order valence-corrected chi connectivity index (χ4v) is 2.66. The second-order valence-corrected chi connectivity index (χ2v) is 6.72. The molecule has 5 heteroatoms. The van der Waals surface area contributed by atoms with E-state index in [4.69, 9.17) is 4.74 Å². The van der Waals surface area contributed by atoms with Gasteiger partial charge in [-0.3, -0.25) is 9.69 Å². The molecule has 1 aliphatic heterocycles. The highest BCUT2D eigenvalue weighted by Gasteiger charge is 2.51. The van der Waals surface area contributed by atoms with Crippen molar-refractivity contribution in [1.29, 1.82) is 0 Å². The fraction of sp³-hybridized carbons (Fsp3) is 0.929. The van der Waals surface area contributed by atoms with Crippen molar-refractivity contribution in [3.63, 3.8) is 0 Å². The minimum Gasteiger partial charge on any atom is -0.468 e. The molecule has 0 spiro atoms. The van der Waals surface area contributed by atoms with Crippen LogP contribution in [-0.4, -0.2) is 61.3 Å². The maximum absolute atomic E-state index is 11.7. The molecule has 2 aliphatic rings. The van der Waals surface area contributed by atoms with Crippen molar-refractivity contribution < 1.29 is 9.53 Å². The molecule has 110 valence electrons. The molecule has 1 aliphatic carbocycles. The SMILES string of the molecule is COC(=O)C1(NCC2CN(C(C)(C)C)CCN2)CC1. The van der Waals surface area contributed by atoms with Crippen LogP contribution in [0.15, 0.2) is 0 Å². The normalized spacial score (nSPS) is 27.1. The molecule has 1 heterocycles. The molecule has 0 amide bonds.